The van der Waals surface area contributed by atoms with Crippen LogP contribution in [-0.2, 0) is 0 Å². The molecule has 16 heavy (non-hydrogen) atoms. The van der Waals surface area contributed by atoms with Crippen LogP contribution in [0.25, 0.3) is 0 Å². The van der Waals surface area contributed by atoms with Crippen molar-refractivity contribution in [3.63, 3.8) is 0 Å². The number of hydrogen-bond donors (Lipinski definition) is 0. The van der Waals surface area contributed by atoms with Gasteiger partial charge in [0.05, 0.1) is 14.2 Å². The second-order valence-corrected chi connectivity index (χ2v) is 9.32. The van der Waals surface area contributed by atoms with Gasteiger partial charge in [0, 0.05) is 5.56 Å². The summed E-state index contributed by atoms with van der Waals surface area (Å²) >= 11 is 0. The summed E-state index contributed by atoms with van der Waals surface area (Å²) in [6.45, 7) is 6.67. The van der Waals surface area contributed by atoms with Crippen molar-refractivity contribution >= 4 is 8.07 Å². The first-order valence-corrected chi connectivity index (χ1v) is 8.71. The number of methoxy groups -OCH3 is 2. The van der Waals surface area contributed by atoms with E-state index in [0.717, 1.165) is 17.1 Å². The number of rotatable bonds is 2. The molecule has 1 rings (SSSR count). The van der Waals surface area contributed by atoms with Gasteiger partial charge in [-0.15, -0.1) is 5.54 Å². The maximum Gasteiger partial charge on any atom is 0.161 e. The van der Waals surface area contributed by atoms with E-state index in [1.165, 1.54) is 0 Å². The van der Waals surface area contributed by atoms with Crippen molar-refractivity contribution < 1.29 is 9.47 Å². The van der Waals surface area contributed by atoms with Crippen LogP contribution in [0.3, 0.4) is 0 Å². The molecule has 0 saturated heterocycles. The molecule has 0 aliphatic heterocycles. The van der Waals surface area contributed by atoms with Gasteiger partial charge in [-0.3, -0.25) is 0 Å². The predicted molar refractivity (Wildman–Crippen MR) is 69.8 cm³/mol. The Kier molecular flexibility index (Phi) is 4.03. The van der Waals surface area contributed by atoms with Gasteiger partial charge >= 0.3 is 0 Å². The minimum Gasteiger partial charge on any atom is -0.493 e. The summed E-state index contributed by atoms with van der Waals surface area (Å²) in [5, 5.41) is 0. The first-order chi connectivity index (χ1) is 7.46. The molecule has 0 fully saturated rings. The van der Waals surface area contributed by atoms with Crippen LogP contribution in [-0.4, -0.2) is 22.3 Å². The summed E-state index contributed by atoms with van der Waals surface area (Å²) in [6.07, 6.45) is 0. The van der Waals surface area contributed by atoms with E-state index in [9.17, 15) is 0 Å². The van der Waals surface area contributed by atoms with E-state index >= 15 is 0 Å². The zero-order chi connectivity index (χ0) is 12.2. The molecule has 0 radical (unpaired) electrons. The van der Waals surface area contributed by atoms with Gasteiger partial charge in [0.15, 0.2) is 11.5 Å². The standard InChI is InChI=1S/C13H18O2Si/c1-14-12-7-6-11(10-13(12)15-2)8-9-16(3,4)5/h6-7,10H,1-5H3. The highest BCUT2D eigenvalue weighted by molar-refractivity contribution is 6.83. The van der Waals surface area contributed by atoms with Crippen molar-refractivity contribution in [1.29, 1.82) is 0 Å². The number of benzene rings is 1. The Labute approximate surface area is 98.6 Å². The van der Waals surface area contributed by atoms with Gasteiger partial charge in [0.1, 0.15) is 8.07 Å². The third kappa shape index (κ3) is 3.63. The van der Waals surface area contributed by atoms with Gasteiger partial charge in [-0.2, -0.15) is 0 Å². The van der Waals surface area contributed by atoms with E-state index in [0.29, 0.717) is 0 Å². The topological polar surface area (TPSA) is 18.5 Å². The zero-order valence-electron chi connectivity index (χ0n) is 10.5. The van der Waals surface area contributed by atoms with Crippen molar-refractivity contribution in [2.45, 2.75) is 19.6 Å². The summed E-state index contributed by atoms with van der Waals surface area (Å²) in [7, 11) is 1.94. The lowest BCUT2D eigenvalue weighted by molar-refractivity contribution is 0.355. The minimum atomic E-state index is -1.32. The smallest absolute Gasteiger partial charge is 0.161 e. The van der Waals surface area contributed by atoms with Gasteiger partial charge in [-0.05, 0) is 18.2 Å². The molecule has 0 atom stereocenters. The van der Waals surface area contributed by atoms with Crippen LogP contribution in [0.5, 0.6) is 11.5 Å². The molecule has 0 aliphatic carbocycles. The van der Waals surface area contributed by atoms with E-state index in [1.807, 2.05) is 18.2 Å². The molecule has 0 unspecified atom stereocenters. The van der Waals surface area contributed by atoms with Gasteiger partial charge < -0.3 is 9.47 Å². The number of hydrogen-bond acceptors (Lipinski definition) is 2. The highest BCUT2D eigenvalue weighted by Crippen LogP contribution is 2.27. The van der Waals surface area contributed by atoms with Crippen molar-refractivity contribution in [2.24, 2.45) is 0 Å². The largest absolute Gasteiger partial charge is 0.493 e. The molecule has 0 amide bonds. The Morgan fingerprint density at radius 3 is 2.12 bits per heavy atom. The lowest BCUT2D eigenvalue weighted by Crippen LogP contribution is -2.16. The predicted octanol–water partition coefficient (Wildman–Crippen LogP) is 2.93. The second-order valence-electron chi connectivity index (χ2n) is 4.57. The normalized spacial score (nSPS) is 10.3. The fourth-order valence-electron chi connectivity index (χ4n) is 1.17. The molecule has 1 aromatic carbocycles. The van der Waals surface area contributed by atoms with E-state index in [4.69, 9.17) is 9.47 Å². The average Bonchev–Trinajstić information content (AvgIpc) is 2.25. The SMILES string of the molecule is COc1ccc(C#C[Si](C)(C)C)cc1OC. The maximum absolute atomic E-state index is 5.23. The third-order valence-corrected chi connectivity index (χ3v) is 2.84. The fourth-order valence-corrected chi connectivity index (χ4v) is 1.69. The summed E-state index contributed by atoms with van der Waals surface area (Å²) in [5.41, 5.74) is 4.29. The van der Waals surface area contributed by atoms with Gasteiger partial charge in [0.2, 0.25) is 0 Å². The zero-order valence-corrected chi connectivity index (χ0v) is 11.5. The van der Waals surface area contributed by atoms with E-state index in [1.54, 1.807) is 14.2 Å². The molecule has 1 aromatic rings. The van der Waals surface area contributed by atoms with Crippen molar-refractivity contribution in [1.82, 2.24) is 0 Å². The molecule has 0 heterocycles. The molecule has 0 saturated carbocycles. The van der Waals surface area contributed by atoms with Crippen molar-refractivity contribution in [2.75, 3.05) is 14.2 Å². The summed E-state index contributed by atoms with van der Waals surface area (Å²) in [6, 6.07) is 5.74. The molecular weight excluding hydrogens is 216 g/mol. The van der Waals surface area contributed by atoms with Crippen LogP contribution in [0.2, 0.25) is 19.6 Å². The number of ether oxygens (including phenoxy) is 2. The molecule has 0 aromatic heterocycles. The van der Waals surface area contributed by atoms with Crippen molar-refractivity contribution in [3.8, 4) is 23.0 Å². The van der Waals surface area contributed by atoms with Gasteiger partial charge in [-0.25, -0.2) is 0 Å². The molecule has 0 bridgehead atoms. The summed E-state index contributed by atoms with van der Waals surface area (Å²) in [5.74, 6) is 4.65. The monoisotopic (exact) mass is 234 g/mol. The Morgan fingerprint density at radius 2 is 1.62 bits per heavy atom. The Balaban J connectivity index is 3.03. The maximum atomic E-state index is 5.23. The first kappa shape index (κ1) is 12.7. The third-order valence-electron chi connectivity index (χ3n) is 1.97. The van der Waals surface area contributed by atoms with Gasteiger partial charge in [-0.1, -0.05) is 25.6 Å². The summed E-state index contributed by atoms with van der Waals surface area (Å²) < 4.78 is 10.4. The average molecular weight is 234 g/mol. The van der Waals surface area contributed by atoms with Crippen LogP contribution in [0, 0.1) is 11.5 Å². The lowest BCUT2D eigenvalue weighted by Gasteiger charge is -2.07. The van der Waals surface area contributed by atoms with Crippen LogP contribution in [0.1, 0.15) is 5.56 Å². The lowest BCUT2D eigenvalue weighted by atomic mass is 10.2. The molecule has 0 N–H and O–H groups in total. The molecule has 0 aliphatic rings. The highest BCUT2D eigenvalue weighted by Gasteiger charge is 2.08. The fraction of sp³-hybridized carbons (Fsp3) is 0.385. The van der Waals surface area contributed by atoms with Crippen molar-refractivity contribution in [3.05, 3.63) is 23.8 Å². The minimum absolute atomic E-state index is 0.727. The molecule has 0 spiro atoms. The van der Waals surface area contributed by atoms with Gasteiger partial charge in [0.25, 0.3) is 0 Å². The van der Waals surface area contributed by atoms with E-state index < -0.39 is 8.07 Å². The first-order valence-electron chi connectivity index (χ1n) is 5.21. The van der Waals surface area contributed by atoms with Crippen LogP contribution in [0.15, 0.2) is 18.2 Å². The quantitative estimate of drug-likeness (QED) is 0.578. The Morgan fingerprint density at radius 1 is 1.00 bits per heavy atom. The molecule has 86 valence electrons. The van der Waals surface area contributed by atoms with E-state index in [2.05, 4.69) is 31.1 Å². The summed E-state index contributed by atoms with van der Waals surface area (Å²) in [4.78, 5) is 0. The highest BCUT2D eigenvalue weighted by atomic mass is 28.3. The van der Waals surface area contributed by atoms with Crippen LogP contribution in [0.4, 0.5) is 0 Å². The van der Waals surface area contributed by atoms with E-state index in [-0.39, 0.29) is 0 Å². The Bertz CT molecular complexity index is 422. The van der Waals surface area contributed by atoms with Crippen LogP contribution < -0.4 is 9.47 Å². The Hall–Kier alpha value is -1.40. The van der Waals surface area contributed by atoms with Crippen LogP contribution >= 0.6 is 0 Å². The molecular formula is C13H18O2Si. The second kappa shape index (κ2) is 5.09. The molecule has 2 nitrogen and oxygen atoms in total. The molecule has 3 heteroatoms.